The van der Waals surface area contributed by atoms with Gasteiger partial charge in [-0.15, -0.1) is 0 Å². The van der Waals surface area contributed by atoms with Gasteiger partial charge < -0.3 is 9.80 Å². The monoisotopic (exact) mass is 346 g/mol. The average molecular weight is 347 g/mol. The lowest BCUT2D eigenvalue weighted by molar-refractivity contribution is -0.928. The first kappa shape index (κ1) is 16.3. The van der Waals surface area contributed by atoms with Crippen molar-refractivity contribution in [2.45, 2.75) is 51.9 Å². The van der Waals surface area contributed by atoms with Gasteiger partial charge in [0.15, 0.2) is 18.1 Å². The van der Waals surface area contributed by atoms with Crippen molar-refractivity contribution in [3.05, 3.63) is 29.0 Å². The van der Waals surface area contributed by atoms with Gasteiger partial charge in [-0.3, -0.25) is 9.13 Å². The van der Waals surface area contributed by atoms with Gasteiger partial charge in [-0.05, 0) is 62.9 Å². The van der Waals surface area contributed by atoms with Crippen molar-refractivity contribution in [3.63, 3.8) is 0 Å². The fourth-order valence-electron chi connectivity index (χ4n) is 4.45. The summed E-state index contributed by atoms with van der Waals surface area (Å²) in [6.07, 6.45) is 8.24. The summed E-state index contributed by atoms with van der Waals surface area (Å²) < 4.78 is 5.82. The van der Waals surface area contributed by atoms with Crippen molar-refractivity contribution in [2.75, 3.05) is 26.2 Å². The number of para-hydroxylation sites is 2. The number of nitrogens with one attached hydrogen (secondary N) is 2. The van der Waals surface area contributed by atoms with Gasteiger partial charge in [-0.25, -0.2) is 0 Å². The summed E-state index contributed by atoms with van der Waals surface area (Å²) in [5, 5.41) is 0. The lowest BCUT2D eigenvalue weighted by Gasteiger charge is -2.24. The van der Waals surface area contributed by atoms with Crippen LogP contribution in [0.15, 0.2) is 24.3 Å². The first-order valence-corrected chi connectivity index (χ1v) is 10.1. The van der Waals surface area contributed by atoms with E-state index in [1.807, 2.05) is 0 Å². The van der Waals surface area contributed by atoms with E-state index in [-0.39, 0.29) is 0 Å². The molecule has 0 bridgehead atoms. The van der Waals surface area contributed by atoms with Crippen LogP contribution in [0.25, 0.3) is 11.0 Å². The molecule has 3 heterocycles. The lowest BCUT2D eigenvalue weighted by atomic mass is 10.1. The molecule has 5 heteroatoms. The fraction of sp³-hybridized carbons (Fsp3) is 0.632. The summed E-state index contributed by atoms with van der Waals surface area (Å²) in [5.74, 6) is 0. The zero-order valence-corrected chi connectivity index (χ0v) is 15.4. The van der Waals surface area contributed by atoms with Crippen molar-refractivity contribution in [1.29, 1.82) is 0 Å². The highest BCUT2D eigenvalue weighted by atomic mass is 32.1. The molecule has 4 nitrogen and oxygen atoms in total. The standard InChI is InChI=1S/C19H28N4S/c24-19-22(15-20-11-5-1-6-12-20)17-9-3-4-10-18(17)23(19)16-21-13-7-2-8-14-21/h3-4,9-10H,1-2,5-8,11-16H2/p+2. The number of aromatic nitrogens is 2. The molecule has 0 spiro atoms. The number of imidazole rings is 1. The second kappa shape index (κ2) is 7.38. The van der Waals surface area contributed by atoms with E-state index < -0.39 is 0 Å². The molecule has 24 heavy (non-hydrogen) atoms. The zero-order chi connectivity index (χ0) is 16.4. The van der Waals surface area contributed by atoms with Crippen LogP contribution in [0.3, 0.4) is 0 Å². The third-order valence-electron chi connectivity index (χ3n) is 5.81. The predicted molar refractivity (Wildman–Crippen MR) is 99.9 cm³/mol. The molecule has 1 aromatic carbocycles. The van der Waals surface area contributed by atoms with Crippen molar-refractivity contribution in [1.82, 2.24) is 9.13 Å². The minimum atomic E-state index is 1.02. The fourth-order valence-corrected chi connectivity index (χ4v) is 4.77. The van der Waals surface area contributed by atoms with Gasteiger partial charge in [0.05, 0.1) is 37.2 Å². The Labute approximate surface area is 149 Å². The highest BCUT2D eigenvalue weighted by Crippen LogP contribution is 2.16. The SMILES string of the molecule is S=c1n(C[NH+]2CCCCC2)c2ccccc2n1C[NH+]1CCCCC1. The Morgan fingerprint density at radius 2 is 1.12 bits per heavy atom. The molecule has 2 saturated heterocycles. The van der Waals surface area contributed by atoms with Crippen LogP contribution in [0.2, 0.25) is 0 Å². The molecule has 0 radical (unpaired) electrons. The molecule has 2 aliphatic heterocycles. The summed E-state index contributed by atoms with van der Waals surface area (Å²) in [6, 6.07) is 8.79. The van der Waals surface area contributed by atoms with Gasteiger partial charge in [-0.1, -0.05) is 12.1 Å². The van der Waals surface area contributed by atoms with Crippen LogP contribution in [0.1, 0.15) is 38.5 Å². The molecule has 0 aliphatic carbocycles. The van der Waals surface area contributed by atoms with Crippen LogP contribution in [-0.4, -0.2) is 35.3 Å². The normalized spacial score (nSPS) is 20.7. The van der Waals surface area contributed by atoms with Crippen molar-refractivity contribution >= 4 is 23.3 Å². The highest BCUT2D eigenvalue weighted by Gasteiger charge is 2.20. The second-order valence-electron chi connectivity index (χ2n) is 7.56. The lowest BCUT2D eigenvalue weighted by Crippen LogP contribution is -3.12. The Bertz CT molecular complexity index is 675. The Balaban J connectivity index is 1.65. The molecule has 130 valence electrons. The molecule has 0 amide bonds. The van der Waals surface area contributed by atoms with Crippen LogP contribution in [0.5, 0.6) is 0 Å². The number of rotatable bonds is 4. The Hall–Kier alpha value is -1.17. The van der Waals surface area contributed by atoms with Crippen molar-refractivity contribution in [2.24, 2.45) is 0 Å². The number of nitrogens with zero attached hydrogens (tertiary/aromatic N) is 2. The summed E-state index contributed by atoms with van der Waals surface area (Å²) in [6.45, 7) is 7.22. The molecular formula is C19H30N4S+2. The highest BCUT2D eigenvalue weighted by molar-refractivity contribution is 7.71. The van der Waals surface area contributed by atoms with Gasteiger partial charge in [0, 0.05) is 0 Å². The number of hydrogen-bond acceptors (Lipinski definition) is 1. The molecule has 2 fully saturated rings. The number of fused-ring (bicyclic) bond motifs is 1. The summed E-state index contributed by atoms with van der Waals surface area (Å²) in [7, 11) is 0. The maximum absolute atomic E-state index is 5.93. The molecule has 2 N–H and O–H groups in total. The largest absolute Gasteiger partial charge is 0.317 e. The van der Waals surface area contributed by atoms with Crippen LogP contribution in [0, 0.1) is 4.77 Å². The number of piperidine rings is 2. The Morgan fingerprint density at radius 1 is 0.708 bits per heavy atom. The zero-order valence-electron chi connectivity index (χ0n) is 14.6. The van der Waals surface area contributed by atoms with Crippen LogP contribution < -0.4 is 9.80 Å². The van der Waals surface area contributed by atoms with E-state index >= 15 is 0 Å². The van der Waals surface area contributed by atoms with E-state index in [0.717, 1.165) is 18.1 Å². The molecule has 2 aliphatic rings. The molecule has 2 aromatic rings. The van der Waals surface area contributed by atoms with Crippen LogP contribution >= 0.6 is 12.2 Å². The van der Waals surface area contributed by atoms with E-state index in [1.54, 1.807) is 9.80 Å². The quantitative estimate of drug-likeness (QED) is 0.797. The van der Waals surface area contributed by atoms with Gasteiger partial charge >= 0.3 is 0 Å². The number of likely N-dealkylation sites (tertiary alicyclic amines) is 2. The van der Waals surface area contributed by atoms with Crippen LogP contribution in [0.4, 0.5) is 0 Å². The van der Waals surface area contributed by atoms with E-state index in [0.29, 0.717) is 0 Å². The van der Waals surface area contributed by atoms with E-state index in [9.17, 15) is 0 Å². The predicted octanol–water partition coefficient (Wildman–Crippen LogP) is 1.22. The molecule has 0 unspecified atom stereocenters. The Kier molecular flexibility index (Phi) is 5.01. The third-order valence-corrected chi connectivity index (χ3v) is 6.25. The van der Waals surface area contributed by atoms with Crippen LogP contribution in [-0.2, 0) is 13.3 Å². The number of hydrogen-bond donors (Lipinski definition) is 2. The summed E-state index contributed by atoms with van der Waals surface area (Å²) in [5.41, 5.74) is 2.63. The van der Waals surface area contributed by atoms with Gasteiger partial charge in [0.25, 0.3) is 0 Å². The molecule has 4 rings (SSSR count). The number of quaternary nitrogens is 2. The third kappa shape index (κ3) is 3.30. The maximum atomic E-state index is 5.93. The second-order valence-corrected chi connectivity index (χ2v) is 7.93. The Morgan fingerprint density at radius 3 is 1.54 bits per heavy atom. The maximum Gasteiger partial charge on any atom is 0.189 e. The minimum Gasteiger partial charge on any atom is -0.317 e. The topological polar surface area (TPSA) is 18.7 Å². The van der Waals surface area contributed by atoms with Gasteiger partial charge in [0.1, 0.15) is 0 Å². The first-order chi connectivity index (χ1) is 11.8. The molecule has 0 atom stereocenters. The minimum absolute atomic E-state index is 1.02. The molecular weight excluding hydrogens is 316 g/mol. The molecule has 1 aromatic heterocycles. The smallest absolute Gasteiger partial charge is 0.189 e. The molecule has 0 saturated carbocycles. The van der Waals surface area contributed by atoms with Crippen molar-refractivity contribution in [3.8, 4) is 0 Å². The number of benzene rings is 1. The summed E-state index contributed by atoms with van der Waals surface area (Å²) >= 11 is 5.93. The summed E-state index contributed by atoms with van der Waals surface area (Å²) in [4.78, 5) is 3.37. The first-order valence-electron chi connectivity index (χ1n) is 9.68. The van der Waals surface area contributed by atoms with E-state index in [2.05, 4.69) is 33.4 Å². The van der Waals surface area contributed by atoms with Gasteiger partial charge in [-0.2, -0.15) is 0 Å². The van der Waals surface area contributed by atoms with Gasteiger partial charge in [0.2, 0.25) is 0 Å². The van der Waals surface area contributed by atoms with Crippen molar-refractivity contribution < 1.29 is 9.80 Å². The van der Waals surface area contributed by atoms with E-state index in [1.165, 1.54) is 75.7 Å². The van der Waals surface area contributed by atoms with E-state index in [4.69, 9.17) is 12.2 Å². The average Bonchev–Trinajstić information content (AvgIpc) is 2.90.